The van der Waals surface area contributed by atoms with Crippen LogP contribution in [-0.2, 0) is 4.79 Å². The lowest BCUT2D eigenvalue weighted by Crippen LogP contribution is -2.16. The van der Waals surface area contributed by atoms with Gasteiger partial charge in [-0.2, -0.15) is 0 Å². The molecule has 0 spiro atoms. The SMILES string of the molecule is Cc1cc(Br)c(NC(=O)CCC(C)CN)c(Br)c1. The van der Waals surface area contributed by atoms with Gasteiger partial charge in [-0.15, -0.1) is 0 Å². The highest BCUT2D eigenvalue weighted by Crippen LogP contribution is 2.32. The zero-order valence-electron chi connectivity index (χ0n) is 10.6. The Morgan fingerprint density at radius 1 is 1.39 bits per heavy atom. The molecule has 100 valence electrons. The third-order valence-electron chi connectivity index (χ3n) is 2.72. The maximum absolute atomic E-state index is 11.8. The molecule has 0 radical (unpaired) electrons. The summed E-state index contributed by atoms with van der Waals surface area (Å²) >= 11 is 6.91. The Morgan fingerprint density at radius 3 is 2.44 bits per heavy atom. The average molecular weight is 378 g/mol. The molecule has 0 aliphatic rings. The number of nitrogens with two attached hydrogens (primary N) is 1. The van der Waals surface area contributed by atoms with Crippen molar-refractivity contribution in [2.75, 3.05) is 11.9 Å². The van der Waals surface area contributed by atoms with E-state index < -0.39 is 0 Å². The number of aryl methyl sites for hydroxylation is 1. The molecule has 1 amide bonds. The molecule has 3 N–H and O–H groups in total. The summed E-state index contributed by atoms with van der Waals surface area (Å²) in [4.78, 5) is 11.8. The minimum atomic E-state index is 0.0144. The van der Waals surface area contributed by atoms with Crippen LogP contribution in [0.3, 0.4) is 0 Å². The van der Waals surface area contributed by atoms with Crippen LogP contribution in [0.25, 0.3) is 0 Å². The van der Waals surface area contributed by atoms with Gasteiger partial charge in [-0.3, -0.25) is 4.79 Å². The van der Waals surface area contributed by atoms with Crippen LogP contribution in [0.5, 0.6) is 0 Å². The molecule has 0 heterocycles. The summed E-state index contributed by atoms with van der Waals surface area (Å²) < 4.78 is 1.77. The molecule has 1 aromatic carbocycles. The number of anilines is 1. The molecule has 1 atom stereocenters. The van der Waals surface area contributed by atoms with Crippen LogP contribution in [0.15, 0.2) is 21.1 Å². The van der Waals surface area contributed by atoms with E-state index in [-0.39, 0.29) is 5.91 Å². The summed E-state index contributed by atoms with van der Waals surface area (Å²) in [5.74, 6) is 0.390. The van der Waals surface area contributed by atoms with E-state index >= 15 is 0 Å². The van der Waals surface area contributed by atoms with Crippen molar-refractivity contribution in [3.8, 4) is 0 Å². The Morgan fingerprint density at radius 2 is 1.94 bits per heavy atom. The zero-order valence-corrected chi connectivity index (χ0v) is 13.8. The van der Waals surface area contributed by atoms with Crippen molar-refractivity contribution in [1.29, 1.82) is 0 Å². The van der Waals surface area contributed by atoms with Gasteiger partial charge in [0.05, 0.1) is 5.69 Å². The maximum atomic E-state index is 11.8. The largest absolute Gasteiger partial charge is 0.330 e. The van der Waals surface area contributed by atoms with E-state index in [9.17, 15) is 4.79 Å². The molecule has 1 aromatic rings. The quantitative estimate of drug-likeness (QED) is 0.819. The Bertz CT molecular complexity index is 412. The first-order valence-electron chi connectivity index (χ1n) is 5.89. The average Bonchev–Trinajstić information content (AvgIpc) is 2.30. The van der Waals surface area contributed by atoms with E-state index in [0.29, 0.717) is 18.9 Å². The second-order valence-electron chi connectivity index (χ2n) is 4.53. The van der Waals surface area contributed by atoms with Gasteiger partial charge in [-0.25, -0.2) is 0 Å². The highest BCUT2D eigenvalue weighted by Gasteiger charge is 2.11. The van der Waals surface area contributed by atoms with Crippen LogP contribution in [0.2, 0.25) is 0 Å². The van der Waals surface area contributed by atoms with Gasteiger partial charge in [0.25, 0.3) is 0 Å². The molecule has 5 heteroatoms. The van der Waals surface area contributed by atoms with Crippen molar-refractivity contribution < 1.29 is 4.79 Å². The van der Waals surface area contributed by atoms with Gasteiger partial charge >= 0.3 is 0 Å². The molecule has 0 aliphatic heterocycles. The zero-order chi connectivity index (χ0) is 13.7. The lowest BCUT2D eigenvalue weighted by molar-refractivity contribution is -0.116. The van der Waals surface area contributed by atoms with E-state index in [2.05, 4.69) is 37.2 Å². The molecule has 0 saturated carbocycles. The molecule has 0 bridgehead atoms. The number of carbonyl (C=O) groups is 1. The molecule has 0 aliphatic carbocycles. The molecular formula is C13H18Br2N2O. The van der Waals surface area contributed by atoms with Gasteiger partial charge in [0.1, 0.15) is 0 Å². The number of benzene rings is 1. The van der Waals surface area contributed by atoms with E-state index in [0.717, 1.165) is 26.6 Å². The number of rotatable bonds is 5. The Hall–Kier alpha value is -0.390. The third-order valence-corrected chi connectivity index (χ3v) is 3.97. The minimum Gasteiger partial charge on any atom is -0.330 e. The van der Waals surface area contributed by atoms with Crippen LogP contribution >= 0.6 is 31.9 Å². The van der Waals surface area contributed by atoms with Crippen LogP contribution in [0.1, 0.15) is 25.3 Å². The number of amides is 1. The molecule has 3 nitrogen and oxygen atoms in total. The highest BCUT2D eigenvalue weighted by atomic mass is 79.9. The number of hydrogen-bond donors (Lipinski definition) is 2. The number of carbonyl (C=O) groups excluding carboxylic acids is 1. The van der Waals surface area contributed by atoms with Gasteiger partial charge < -0.3 is 11.1 Å². The Balaban J connectivity index is 2.65. The fraction of sp³-hybridized carbons (Fsp3) is 0.462. The van der Waals surface area contributed by atoms with Crippen molar-refractivity contribution in [2.45, 2.75) is 26.7 Å². The fourth-order valence-corrected chi connectivity index (χ4v) is 3.13. The predicted octanol–water partition coefficient (Wildman–Crippen LogP) is 3.83. The van der Waals surface area contributed by atoms with Crippen LogP contribution in [0.4, 0.5) is 5.69 Å². The summed E-state index contributed by atoms with van der Waals surface area (Å²) in [7, 11) is 0. The summed E-state index contributed by atoms with van der Waals surface area (Å²) in [6.45, 7) is 4.67. The van der Waals surface area contributed by atoms with Crippen molar-refractivity contribution in [3.05, 3.63) is 26.6 Å². The molecule has 1 rings (SSSR count). The summed E-state index contributed by atoms with van der Waals surface area (Å²) in [6, 6.07) is 3.95. The van der Waals surface area contributed by atoms with Crippen molar-refractivity contribution in [1.82, 2.24) is 0 Å². The summed E-state index contributed by atoms with van der Waals surface area (Å²) in [6.07, 6.45) is 1.30. The van der Waals surface area contributed by atoms with E-state index in [1.165, 1.54) is 0 Å². The fourth-order valence-electron chi connectivity index (χ4n) is 1.52. The van der Waals surface area contributed by atoms with Gasteiger partial charge in [-0.05, 0) is 75.4 Å². The second kappa shape index (κ2) is 7.26. The molecular weight excluding hydrogens is 360 g/mol. The molecule has 0 fully saturated rings. The van der Waals surface area contributed by atoms with Crippen LogP contribution in [-0.4, -0.2) is 12.5 Å². The van der Waals surface area contributed by atoms with Gasteiger partial charge in [0, 0.05) is 15.4 Å². The number of halogens is 2. The lowest BCUT2D eigenvalue weighted by Gasteiger charge is -2.12. The van der Waals surface area contributed by atoms with Crippen molar-refractivity contribution >= 4 is 43.5 Å². The Labute approximate surface area is 125 Å². The summed E-state index contributed by atoms with van der Waals surface area (Å²) in [5, 5.41) is 2.91. The normalized spacial score (nSPS) is 12.3. The number of hydrogen-bond acceptors (Lipinski definition) is 2. The van der Waals surface area contributed by atoms with Crippen molar-refractivity contribution in [2.24, 2.45) is 11.7 Å². The lowest BCUT2D eigenvalue weighted by atomic mass is 10.1. The summed E-state index contributed by atoms with van der Waals surface area (Å²) in [5.41, 5.74) is 7.44. The Kier molecular flexibility index (Phi) is 6.32. The predicted molar refractivity (Wildman–Crippen MR) is 82.7 cm³/mol. The third kappa shape index (κ3) is 4.71. The van der Waals surface area contributed by atoms with Crippen molar-refractivity contribution in [3.63, 3.8) is 0 Å². The van der Waals surface area contributed by atoms with Crippen LogP contribution < -0.4 is 11.1 Å². The van der Waals surface area contributed by atoms with E-state index in [1.54, 1.807) is 0 Å². The van der Waals surface area contributed by atoms with Gasteiger partial charge in [0.15, 0.2) is 0 Å². The minimum absolute atomic E-state index is 0.0144. The second-order valence-corrected chi connectivity index (χ2v) is 6.24. The highest BCUT2D eigenvalue weighted by molar-refractivity contribution is 9.11. The van der Waals surface area contributed by atoms with Gasteiger partial charge in [0.2, 0.25) is 5.91 Å². The maximum Gasteiger partial charge on any atom is 0.224 e. The first-order valence-corrected chi connectivity index (χ1v) is 7.48. The molecule has 0 saturated heterocycles. The molecule has 1 unspecified atom stereocenters. The molecule has 0 aromatic heterocycles. The first-order chi connectivity index (χ1) is 8.43. The number of nitrogens with one attached hydrogen (secondary N) is 1. The van der Waals surface area contributed by atoms with Gasteiger partial charge in [-0.1, -0.05) is 6.92 Å². The topological polar surface area (TPSA) is 55.1 Å². The first kappa shape index (κ1) is 15.7. The van der Waals surface area contributed by atoms with E-state index in [1.807, 2.05) is 26.0 Å². The van der Waals surface area contributed by atoms with Crippen LogP contribution in [0, 0.1) is 12.8 Å². The smallest absolute Gasteiger partial charge is 0.224 e. The monoisotopic (exact) mass is 376 g/mol. The standard InChI is InChI=1S/C13H18Br2N2O/c1-8(7-16)3-4-12(18)17-13-10(14)5-9(2)6-11(13)15/h5-6,8H,3-4,7,16H2,1-2H3,(H,17,18). The molecule has 18 heavy (non-hydrogen) atoms. The van der Waals surface area contributed by atoms with E-state index in [4.69, 9.17) is 5.73 Å².